The molecule has 0 bridgehead atoms. The first-order valence-corrected chi connectivity index (χ1v) is 7.50. The van der Waals surface area contributed by atoms with Gasteiger partial charge in [-0.05, 0) is 12.5 Å². The van der Waals surface area contributed by atoms with E-state index < -0.39 is 11.7 Å². The minimum absolute atomic E-state index is 0.0199. The molecule has 1 fully saturated rings. The number of rotatable bonds is 4. The SMILES string of the molecule is FC(F)(F)c1cnc(N2CC[C@H](NCc3ncc[nH]3)C2)c(Cl)c1. The number of hydrogen-bond acceptors (Lipinski definition) is 4. The first-order chi connectivity index (χ1) is 10.9. The molecule has 2 aromatic heterocycles. The van der Waals surface area contributed by atoms with Crippen molar-refractivity contribution in [2.24, 2.45) is 0 Å². The Balaban J connectivity index is 1.62. The molecule has 1 aliphatic heterocycles. The number of nitrogens with one attached hydrogen (secondary N) is 2. The fraction of sp³-hybridized carbons (Fsp3) is 0.429. The van der Waals surface area contributed by atoms with Gasteiger partial charge in [0.15, 0.2) is 0 Å². The lowest BCUT2D eigenvalue weighted by Crippen LogP contribution is -2.32. The van der Waals surface area contributed by atoms with E-state index in [1.165, 1.54) is 0 Å². The summed E-state index contributed by atoms with van der Waals surface area (Å²) in [7, 11) is 0. The highest BCUT2D eigenvalue weighted by molar-refractivity contribution is 6.33. The molecule has 0 spiro atoms. The predicted octanol–water partition coefficient (Wildman–Crippen LogP) is 2.85. The van der Waals surface area contributed by atoms with Gasteiger partial charge in [-0.15, -0.1) is 0 Å². The van der Waals surface area contributed by atoms with Gasteiger partial charge in [-0.1, -0.05) is 11.6 Å². The van der Waals surface area contributed by atoms with Crippen LogP contribution < -0.4 is 10.2 Å². The summed E-state index contributed by atoms with van der Waals surface area (Å²) >= 11 is 5.98. The van der Waals surface area contributed by atoms with Crippen LogP contribution in [-0.4, -0.2) is 34.1 Å². The van der Waals surface area contributed by atoms with Gasteiger partial charge < -0.3 is 15.2 Å². The minimum atomic E-state index is -4.44. The summed E-state index contributed by atoms with van der Waals surface area (Å²) in [6, 6.07) is 1.13. The van der Waals surface area contributed by atoms with E-state index in [9.17, 15) is 13.2 Å². The van der Waals surface area contributed by atoms with E-state index in [0.717, 1.165) is 24.5 Å². The molecule has 0 radical (unpaired) electrons. The fourth-order valence-corrected chi connectivity index (χ4v) is 2.86. The molecular formula is C14H15ClF3N5. The zero-order valence-electron chi connectivity index (χ0n) is 12.1. The van der Waals surface area contributed by atoms with Gasteiger partial charge >= 0.3 is 6.18 Å². The van der Waals surface area contributed by atoms with Crippen molar-refractivity contribution in [1.29, 1.82) is 0 Å². The largest absolute Gasteiger partial charge is 0.417 e. The van der Waals surface area contributed by atoms with Gasteiger partial charge in [-0.2, -0.15) is 13.2 Å². The molecule has 0 saturated carbocycles. The second kappa shape index (κ2) is 6.37. The average Bonchev–Trinajstić information content (AvgIpc) is 3.15. The van der Waals surface area contributed by atoms with E-state index >= 15 is 0 Å². The van der Waals surface area contributed by atoms with Crippen LogP contribution in [0.2, 0.25) is 5.02 Å². The molecule has 1 saturated heterocycles. The van der Waals surface area contributed by atoms with Gasteiger partial charge in [0.1, 0.15) is 11.6 Å². The molecule has 2 aromatic rings. The third-order valence-electron chi connectivity index (χ3n) is 3.75. The topological polar surface area (TPSA) is 56.8 Å². The Morgan fingerprint density at radius 1 is 1.39 bits per heavy atom. The van der Waals surface area contributed by atoms with Crippen molar-refractivity contribution in [3.05, 3.63) is 41.1 Å². The fourth-order valence-electron chi connectivity index (χ4n) is 2.57. The predicted molar refractivity (Wildman–Crippen MR) is 80.3 cm³/mol. The van der Waals surface area contributed by atoms with Crippen LogP contribution >= 0.6 is 11.6 Å². The van der Waals surface area contributed by atoms with Crippen molar-refractivity contribution in [3.8, 4) is 0 Å². The molecule has 5 nitrogen and oxygen atoms in total. The van der Waals surface area contributed by atoms with E-state index in [0.29, 0.717) is 25.5 Å². The Hall–Kier alpha value is -1.80. The molecule has 0 unspecified atom stereocenters. The second-order valence-corrected chi connectivity index (χ2v) is 5.78. The van der Waals surface area contributed by atoms with Crippen LogP contribution in [0.4, 0.5) is 19.0 Å². The average molecular weight is 346 g/mol. The molecule has 0 amide bonds. The van der Waals surface area contributed by atoms with Gasteiger partial charge in [-0.25, -0.2) is 9.97 Å². The van der Waals surface area contributed by atoms with Crippen LogP contribution in [0, 0.1) is 0 Å². The number of halogens is 4. The van der Waals surface area contributed by atoms with Crippen molar-refractivity contribution in [1.82, 2.24) is 20.3 Å². The lowest BCUT2D eigenvalue weighted by Gasteiger charge is -2.20. The molecule has 1 aliphatic rings. The van der Waals surface area contributed by atoms with Crippen LogP contribution in [0.15, 0.2) is 24.7 Å². The number of anilines is 1. The molecular weight excluding hydrogens is 331 g/mol. The highest BCUT2D eigenvalue weighted by Gasteiger charge is 2.32. The lowest BCUT2D eigenvalue weighted by molar-refractivity contribution is -0.137. The highest BCUT2D eigenvalue weighted by atomic mass is 35.5. The third kappa shape index (κ3) is 3.76. The van der Waals surface area contributed by atoms with Gasteiger partial charge in [0.05, 0.1) is 17.1 Å². The first-order valence-electron chi connectivity index (χ1n) is 7.13. The molecule has 3 heterocycles. The summed E-state index contributed by atoms with van der Waals surface area (Å²) in [5.74, 6) is 1.23. The number of imidazole rings is 1. The summed E-state index contributed by atoms with van der Waals surface area (Å²) in [5.41, 5.74) is -0.835. The third-order valence-corrected chi connectivity index (χ3v) is 4.03. The van der Waals surface area contributed by atoms with Gasteiger partial charge in [0.25, 0.3) is 0 Å². The zero-order valence-corrected chi connectivity index (χ0v) is 12.8. The quantitative estimate of drug-likeness (QED) is 0.894. The Morgan fingerprint density at radius 3 is 2.87 bits per heavy atom. The Bertz CT molecular complexity index is 659. The minimum Gasteiger partial charge on any atom is -0.354 e. The molecule has 124 valence electrons. The Labute approximate surface area is 135 Å². The normalized spacial score (nSPS) is 18.6. The van der Waals surface area contributed by atoms with Gasteiger partial charge in [0.2, 0.25) is 0 Å². The molecule has 1 atom stereocenters. The number of H-pyrrole nitrogens is 1. The molecule has 0 aliphatic carbocycles. The van der Waals surface area contributed by atoms with Crippen LogP contribution in [0.1, 0.15) is 17.8 Å². The first kappa shape index (κ1) is 16.1. The van der Waals surface area contributed by atoms with Crippen LogP contribution in [0.5, 0.6) is 0 Å². The summed E-state index contributed by atoms with van der Waals surface area (Å²) in [6.07, 6.45) is 0.686. The Kier molecular flexibility index (Phi) is 4.45. The van der Waals surface area contributed by atoms with E-state index in [4.69, 9.17) is 11.6 Å². The van der Waals surface area contributed by atoms with Crippen molar-refractivity contribution in [2.45, 2.75) is 25.2 Å². The van der Waals surface area contributed by atoms with E-state index in [1.807, 2.05) is 4.90 Å². The van der Waals surface area contributed by atoms with Crippen molar-refractivity contribution in [3.63, 3.8) is 0 Å². The number of pyridine rings is 1. The molecule has 2 N–H and O–H groups in total. The maximum atomic E-state index is 12.6. The number of aromatic amines is 1. The molecule has 9 heteroatoms. The van der Waals surface area contributed by atoms with Crippen molar-refractivity contribution < 1.29 is 13.2 Å². The molecule has 0 aromatic carbocycles. The number of nitrogens with zero attached hydrogens (tertiary/aromatic N) is 3. The van der Waals surface area contributed by atoms with Gasteiger partial charge in [0, 0.05) is 37.7 Å². The van der Waals surface area contributed by atoms with E-state index in [1.54, 1.807) is 12.4 Å². The maximum absolute atomic E-state index is 12.6. The summed E-state index contributed by atoms with van der Waals surface area (Å²) < 4.78 is 37.9. The number of hydrogen-bond donors (Lipinski definition) is 2. The Morgan fingerprint density at radius 2 is 2.22 bits per heavy atom. The van der Waals surface area contributed by atoms with Gasteiger partial charge in [-0.3, -0.25) is 0 Å². The summed E-state index contributed by atoms with van der Waals surface area (Å²) in [5, 5.41) is 3.37. The summed E-state index contributed by atoms with van der Waals surface area (Å²) in [4.78, 5) is 12.9. The number of aromatic nitrogens is 3. The van der Waals surface area contributed by atoms with Crippen LogP contribution in [-0.2, 0) is 12.7 Å². The monoisotopic (exact) mass is 345 g/mol. The lowest BCUT2D eigenvalue weighted by atomic mass is 10.2. The summed E-state index contributed by atoms with van der Waals surface area (Å²) in [6.45, 7) is 1.94. The second-order valence-electron chi connectivity index (χ2n) is 5.38. The standard InChI is InChI=1S/C14H15ClF3N5/c15-11-5-9(14(16,17)18)6-22-13(11)23-4-1-10(8-23)21-7-12-19-2-3-20-12/h2-3,5-6,10,21H,1,4,7-8H2,(H,19,20)/t10-/m0/s1. The van der Waals surface area contributed by atoms with Crippen LogP contribution in [0.3, 0.4) is 0 Å². The molecule has 23 heavy (non-hydrogen) atoms. The maximum Gasteiger partial charge on any atom is 0.417 e. The van der Waals surface area contributed by atoms with Crippen molar-refractivity contribution in [2.75, 3.05) is 18.0 Å². The molecule has 3 rings (SSSR count). The number of alkyl halides is 3. The van der Waals surface area contributed by atoms with E-state index in [-0.39, 0.29) is 11.1 Å². The van der Waals surface area contributed by atoms with Crippen LogP contribution in [0.25, 0.3) is 0 Å². The zero-order chi connectivity index (χ0) is 16.4. The smallest absolute Gasteiger partial charge is 0.354 e. The highest BCUT2D eigenvalue weighted by Crippen LogP contribution is 2.34. The van der Waals surface area contributed by atoms with Crippen molar-refractivity contribution >= 4 is 17.4 Å². The van der Waals surface area contributed by atoms with E-state index in [2.05, 4.69) is 20.3 Å².